The number of para-hydroxylation sites is 1. The van der Waals surface area contributed by atoms with Crippen LogP contribution in [0.25, 0.3) is 11.1 Å². The molecule has 0 spiro atoms. The van der Waals surface area contributed by atoms with Gasteiger partial charge in [0, 0.05) is 48.2 Å². The van der Waals surface area contributed by atoms with Crippen molar-refractivity contribution >= 4 is 17.6 Å². The Kier molecular flexibility index (Phi) is 11.7. The predicted molar refractivity (Wildman–Crippen MR) is 179 cm³/mol. The maximum Gasteiger partial charge on any atom is 0.314 e. The van der Waals surface area contributed by atoms with Gasteiger partial charge in [0.2, 0.25) is 0 Å². The molecule has 242 valence electrons. The molecule has 5 N–H and O–H groups in total. The van der Waals surface area contributed by atoms with Crippen molar-refractivity contribution in [3.63, 3.8) is 0 Å². The minimum absolute atomic E-state index is 0.145. The Hall–Kier alpha value is -3.17. The Labute approximate surface area is 272 Å². The van der Waals surface area contributed by atoms with E-state index in [4.69, 9.17) is 21.4 Å². The van der Waals surface area contributed by atoms with Crippen LogP contribution in [0.3, 0.4) is 0 Å². The second-order valence-corrected chi connectivity index (χ2v) is 13.0. The van der Waals surface area contributed by atoms with E-state index in [0.29, 0.717) is 38.1 Å². The fraction of sp³-hybridized carbons (Fsp3) is 0.500. The number of carbonyl (C=O) groups is 1. The molecule has 1 aromatic heterocycles. The van der Waals surface area contributed by atoms with Gasteiger partial charge in [0.05, 0.1) is 18.8 Å². The van der Waals surface area contributed by atoms with Crippen LogP contribution in [0.15, 0.2) is 60.9 Å². The van der Waals surface area contributed by atoms with Gasteiger partial charge in [-0.2, -0.15) is 0 Å². The number of urea groups is 1. The quantitative estimate of drug-likeness (QED) is 0.103. The lowest BCUT2D eigenvalue weighted by Crippen LogP contribution is -2.36. The van der Waals surface area contributed by atoms with Crippen LogP contribution in [0.1, 0.15) is 87.3 Å². The number of benzene rings is 2. The number of aromatic nitrogens is 1. The van der Waals surface area contributed by atoms with Crippen LogP contribution in [0.2, 0.25) is 5.02 Å². The maximum atomic E-state index is 12.1. The van der Waals surface area contributed by atoms with E-state index in [2.05, 4.69) is 64.3 Å². The first kappa shape index (κ1) is 33.2. The van der Waals surface area contributed by atoms with E-state index in [9.17, 15) is 9.90 Å². The monoisotopic (exact) mass is 634 g/mol. The average molecular weight is 635 g/mol. The molecule has 1 heterocycles. The first-order valence-electron chi connectivity index (χ1n) is 16.4. The zero-order valence-electron chi connectivity index (χ0n) is 26.2. The van der Waals surface area contributed by atoms with E-state index in [1.807, 2.05) is 24.5 Å². The molecule has 0 bridgehead atoms. The molecule has 9 heteroatoms. The third-order valence-electron chi connectivity index (χ3n) is 8.90. The normalized spacial score (nSPS) is 16.5. The van der Waals surface area contributed by atoms with Gasteiger partial charge in [0.15, 0.2) is 0 Å². The summed E-state index contributed by atoms with van der Waals surface area (Å²) in [5, 5.41) is 28.6. The number of aliphatic hydroxyl groups excluding tert-OH is 2. The molecule has 0 saturated heterocycles. The highest BCUT2D eigenvalue weighted by Crippen LogP contribution is 2.50. The predicted octanol–water partition coefficient (Wildman–Crippen LogP) is 6.43. The van der Waals surface area contributed by atoms with Crippen molar-refractivity contribution in [1.29, 1.82) is 0 Å². The molecule has 0 aliphatic heterocycles. The highest BCUT2D eigenvalue weighted by Gasteiger charge is 2.46. The average Bonchev–Trinajstić information content (AvgIpc) is 4.00. The summed E-state index contributed by atoms with van der Waals surface area (Å²) in [6, 6.07) is 16.6. The maximum absolute atomic E-state index is 12.1. The molecule has 2 aliphatic carbocycles. The molecule has 45 heavy (non-hydrogen) atoms. The number of pyridine rings is 1. The lowest BCUT2D eigenvalue weighted by atomic mass is 9.93. The zero-order valence-corrected chi connectivity index (χ0v) is 27.0. The van der Waals surface area contributed by atoms with Crippen LogP contribution in [0, 0.1) is 0 Å². The number of hydrogen-bond acceptors (Lipinski definition) is 6. The first-order valence-corrected chi connectivity index (χ1v) is 16.8. The summed E-state index contributed by atoms with van der Waals surface area (Å²) in [5.41, 5.74) is 5.66. The van der Waals surface area contributed by atoms with Crippen LogP contribution in [-0.2, 0) is 12.1 Å². The smallest absolute Gasteiger partial charge is 0.314 e. The molecule has 2 aromatic carbocycles. The van der Waals surface area contributed by atoms with Crippen molar-refractivity contribution in [1.82, 2.24) is 20.9 Å². The molecule has 2 atom stereocenters. The molecule has 5 rings (SSSR count). The first-order chi connectivity index (χ1) is 21.9. The number of ether oxygens (including phenoxy) is 1. The number of hydrogen-bond donors (Lipinski definition) is 5. The van der Waals surface area contributed by atoms with E-state index < -0.39 is 6.10 Å². The summed E-state index contributed by atoms with van der Waals surface area (Å²) in [7, 11) is 0. The minimum Gasteiger partial charge on any atom is -0.490 e. The third kappa shape index (κ3) is 9.42. The van der Waals surface area contributed by atoms with E-state index >= 15 is 0 Å². The zero-order chi connectivity index (χ0) is 31.6. The van der Waals surface area contributed by atoms with Gasteiger partial charge in [-0.05, 0) is 104 Å². The molecule has 8 nitrogen and oxygen atoms in total. The number of halogens is 1. The number of amides is 2. The largest absolute Gasteiger partial charge is 0.490 e. The molecule has 2 fully saturated rings. The Bertz CT molecular complexity index is 1410. The summed E-state index contributed by atoms with van der Waals surface area (Å²) in [5.74, 6) is 1.27. The lowest BCUT2D eigenvalue weighted by molar-refractivity contribution is 0.0862. The highest BCUT2D eigenvalue weighted by atomic mass is 35.5. The van der Waals surface area contributed by atoms with Gasteiger partial charge >= 0.3 is 6.03 Å². The van der Waals surface area contributed by atoms with Gasteiger partial charge in [0.25, 0.3) is 0 Å². The fourth-order valence-electron chi connectivity index (χ4n) is 5.77. The number of rotatable bonds is 18. The van der Waals surface area contributed by atoms with Gasteiger partial charge < -0.3 is 30.9 Å². The topological polar surface area (TPSA) is 116 Å². The van der Waals surface area contributed by atoms with Crippen LogP contribution in [-0.4, -0.2) is 53.1 Å². The molecule has 2 aliphatic rings. The third-order valence-corrected chi connectivity index (χ3v) is 9.27. The van der Waals surface area contributed by atoms with Crippen LogP contribution < -0.4 is 20.7 Å². The van der Waals surface area contributed by atoms with E-state index in [1.165, 1.54) is 16.7 Å². The van der Waals surface area contributed by atoms with Crippen molar-refractivity contribution < 1.29 is 19.7 Å². The SMILES string of the molecule is CC(CCCNC(=O)NCCCCC(O)CO)c1ccc(Cl)c(CNC2(c3cnccc3-c3ccccc3OC3CC3)CC2)c1. The van der Waals surface area contributed by atoms with Gasteiger partial charge in [-0.25, -0.2) is 4.79 Å². The van der Waals surface area contributed by atoms with Crippen LogP contribution in [0.4, 0.5) is 4.79 Å². The van der Waals surface area contributed by atoms with Gasteiger partial charge in [0.1, 0.15) is 5.75 Å². The van der Waals surface area contributed by atoms with Crippen molar-refractivity contribution in [2.75, 3.05) is 19.7 Å². The van der Waals surface area contributed by atoms with Crippen LogP contribution in [0.5, 0.6) is 5.75 Å². The summed E-state index contributed by atoms with van der Waals surface area (Å²) < 4.78 is 6.26. The molecular weight excluding hydrogens is 588 g/mol. The van der Waals surface area contributed by atoms with Gasteiger partial charge in [-0.15, -0.1) is 0 Å². The molecule has 3 aromatic rings. The van der Waals surface area contributed by atoms with Gasteiger partial charge in [-0.1, -0.05) is 48.9 Å². The minimum atomic E-state index is -0.677. The molecule has 2 saturated carbocycles. The fourth-order valence-corrected chi connectivity index (χ4v) is 5.96. The number of unbranched alkanes of at least 4 members (excludes halogenated alkanes) is 1. The Balaban J connectivity index is 1.12. The summed E-state index contributed by atoms with van der Waals surface area (Å²) in [6.07, 6.45) is 11.7. The van der Waals surface area contributed by atoms with E-state index in [0.717, 1.165) is 73.3 Å². The van der Waals surface area contributed by atoms with Crippen molar-refractivity contribution in [3.8, 4) is 16.9 Å². The van der Waals surface area contributed by atoms with E-state index in [-0.39, 0.29) is 18.2 Å². The van der Waals surface area contributed by atoms with Crippen molar-refractivity contribution in [3.05, 3.63) is 82.6 Å². The Morgan fingerprint density at radius 2 is 1.82 bits per heavy atom. The number of aliphatic hydroxyl groups is 2. The van der Waals surface area contributed by atoms with Crippen molar-refractivity contribution in [2.45, 2.75) is 94.9 Å². The number of nitrogens with one attached hydrogen (secondary N) is 3. The summed E-state index contributed by atoms with van der Waals surface area (Å²) in [6.45, 7) is 3.81. The lowest BCUT2D eigenvalue weighted by Gasteiger charge is -2.23. The number of nitrogens with zero attached hydrogens (tertiary/aromatic N) is 1. The summed E-state index contributed by atoms with van der Waals surface area (Å²) >= 11 is 6.70. The van der Waals surface area contributed by atoms with Gasteiger partial charge in [-0.3, -0.25) is 4.98 Å². The second kappa shape index (κ2) is 15.9. The number of carbonyl (C=O) groups excluding carboxylic acids is 1. The summed E-state index contributed by atoms with van der Waals surface area (Å²) in [4.78, 5) is 16.6. The highest BCUT2D eigenvalue weighted by molar-refractivity contribution is 6.31. The molecule has 2 unspecified atom stereocenters. The van der Waals surface area contributed by atoms with Crippen molar-refractivity contribution in [2.24, 2.45) is 0 Å². The molecule has 0 radical (unpaired) electrons. The molecular formula is C36H47ClN4O4. The Morgan fingerprint density at radius 1 is 1.04 bits per heavy atom. The van der Waals surface area contributed by atoms with Crippen LogP contribution >= 0.6 is 11.6 Å². The Morgan fingerprint density at radius 3 is 2.58 bits per heavy atom. The second-order valence-electron chi connectivity index (χ2n) is 12.6. The molecule has 2 amide bonds. The van der Waals surface area contributed by atoms with E-state index in [1.54, 1.807) is 0 Å². The standard InChI is InChI=1S/C36H47ClN4O4/c1-25(7-6-19-40-35(44)39-18-5-4-8-28(43)24-42)26-11-14-33(37)27(21-26)22-41-36(16-17-36)32-23-38-20-15-30(32)31-9-2-3-10-34(31)45-29-12-13-29/h2-3,9-11,14-15,20-21,23,25,28-29,41-43H,4-8,12-13,16-19,22,24H2,1H3,(H2,39,40,44).